The number of aromatic nitrogens is 3. The molecule has 156 valence electrons. The van der Waals surface area contributed by atoms with Gasteiger partial charge in [0, 0.05) is 36.8 Å². The maximum atomic E-state index is 12.9. The summed E-state index contributed by atoms with van der Waals surface area (Å²) in [6.45, 7) is 3.42. The molecule has 1 amide bonds. The Bertz CT molecular complexity index is 1120. The van der Waals surface area contributed by atoms with Crippen LogP contribution in [0.25, 0.3) is 10.9 Å². The number of rotatable bonds is 5. The first-order valence-electron chi connectivity index (χ1n) is 10.6. The molecular formula is C23H26N4O3. The molecule has 0 saturated carbocycles. The number of fused-ring (bicyclic) bond motifs is 2. The van der Waals surface area contributed by atoms with Crippen LogP contribution in [-0.4, -0.2) is 27.0 Å². The van der Waals surface area contributed by atoms with Crippen LogP contribution >= 0.6 is 0 Å². The molecule has 0 spiro atoms. The Morgan fingerprint density at radius 1 is 1.20 bits per heavy atom. The highest BCUT2D eigenvalue weighted by Gasteiger charge is 2.15. The normalized spacial score (nSPS) is 13.9. The van der Waals surface area contributed by atoms with Crippen LogP contribution in [0.5, 0.6) is 5.88 Å². The van der Waals surface area contributed by atoms with Gasteiger partial charge < -0.3 is 10.1 Å². The summed E-state index contributed by atoms with van der Waals surface area (Å²) in [5.74, 6) is 1.12. The third-order valence-electron chi connectivity index (χ3n) is 5.40. The van der Waals surface area contributed by atoms with Crippen LogP contribution in [0.15, 0.2) is 41.3 Å². The molecule has 7 nitrogen and oxygen atoms in total. The fourth-order valence-electron chi connectivity index (χ4n) is 3.84. The minimum absolute atomic E-state index is 0.0134. The molecule has 1 aliphatic rings. The van der Waals surface area contributed by atoms with Crippen molar-refractivity contribution in [1.29, 1.82) is 0 Å². The molecule has 1 aliphatic heterocycles. The maximum Gasteiger partial charge on any atom is 0.261 e. The monoisotopic (exact) mass is 406 g/mol. The fraction of sp³-hybridized carbons (Fsp3) is 0.391. The van der Waals surface area contributed by atoms with Crippen molar-refractivity contribution in [2.75, 3.05) is 6.61 Å². The topological polar surface area (TPSA) is 86.1 Å². The maximum absolute atomic E-state index is 12.9. The summed E-state index contributed by atoms with van der Waals surface area (Å²) in [5, 5.41) is 3.46. The van der Waals surface area contributed by atoms with Crippen molar-refractivity contribution in [3.63, 3.8) is 0 Å². The Morgan fingerprint density at radius 2 is 2.07 bits per heavy atom. The van der Waals surface area contributed by atoms with Gasteiger partial charge in [-0.2, -0.15) is 0 Å². The first-order valence-corrected chi connectivity index (χ1v) is 10.6. The van der Waals surface area contributed by atoms with Gasteiger partial charge >= 0.3 is 0 Å². The summed E-state index contributed by atoms with van der Waals surface area (Å²) < 4.78 is 7.31. The van der Waals surface area contributed by atoms with Crippen LogP contribution in [-0.2, 0) is 19.5 Å². The van der Waals surface area contributed by atoms with E-state index in [1.807, 2.05) is 19.1 Å². The second-order valence-corrected chi connectivity index (χ2v) is 7.46. The van der Waals surface area contributed by atoms with E-state index >= 15 is 0 Å². The van der Waals surface area contributed by atoms with Gasteiger partial charge in [0.1, 0.15) is 5.82 Å². The lowest BCUT2D eigenvalue weighted by Gasteiger charge is -2.16. The van der Waals surface area contributed by atoms with Crippen LogP contribution in [0.4, 0.5) is 0 Å². The van der Waals surface area contributed by atoms with Gasteiger partial charge in [-0.05, 0) is 44.0 Å². The van der Waals surface area contributed by atoms with E-state index in [4.69, 9.17) is 9.72 Å². The molecule has 4 rings (SSSR count). The van der Waals surface area contributed by atoms with Crippen molar-refractivity contribution >= 4 is 16.8 Å². The number of hydrogen-bond donors (Lipinski definition) is 1. The number of nitrogens with zero attached hydrogens (tertiary/aromatic N) is 3. The van der Waals surface area contributed by atoms with E-state index in [1.165, 1.54) is 0 Å². The first-order chi connectivity index (χ1) is 14.7. The van der Waals surface area contributed by atoms with Crippen molar-refractivity contribution in [1.82, 2.24) is 19.9 Å². The van der Waals surface area contributed by atoms with Gasteiger partial charge in [-0.1, -0.05) is 18.9 Å². The number of amides is 1. The molecule has 0 unspecified atom stereocenters. The highest BCUT2D eigenvalue weighted by molar-refractivity contribution is 5.97. The molecule has 0 atom stereocenters. The minimum Gasteiger partial charge on any atom is -0.478 e. The molecule has 3 aromatic rings. The van der Waals surface area contributed by atoms with Gasteiger partial charge in [0.05, 0.1) is 17.5 Å². The number of aryl methyl sites for hydroxylation is 1. The average Bonchev–Trinajstić information content (AvgIpc) is 2.74. The molecule has 0 bridgehead atoms. The van der Waals surface area contributed by atoms with Gasteiger partial charge in [-0.3, -0.25) is 14.2 Å². The zero-order valence-electron chi connectivity index (χ0n) is 17.2. The zero-order valence-corrected chi connectivity index (χ0v) is 17.2. The van der Waals surface area contributed by atoms with E-state index in [1.54, 1.807) is 29.0 Å². The molecule has 1 aromatic carbocycles. The molecule has 0 aliphatic carbocycles. The standard InChI is InChI=1S/C23H26N4O3/c1-2-30-22-17(8-7-12-24-22)15-25-21(28)16-10-11-18-19(14-16)26-20-9-5-3-4-6-13-27(20)23(18)29/h7-8,10-12,14H,2-6,9,13,15H2,1H3,(H,25,28). The lowest BCUT2D eigenvalue weighted by molar-refractivity contribution is 0.0950. The van der Waals surface area contributed by atoms with E-state index < -0.39 is 0 Å². The number of pyridine rings is 1. The summed E-state index contributed by atoms with van der Waals surface area (Å²) in [4.78, 5) is 34.6. The van der Waals surface area contributed by atoms with E-state index in [0.717, 1.165) is 43.5 Å². The van der Waals surface area contributed by atoms with Gasteiger partial charge in [-0.15, -0.1) is 0 Å². The lowest BCUT2D eigenvalue weighted by Crippen LogP contribution is -2.27. The van der Waals surface area contributed by atoms with Gasteiger partial charge in [-0.25, -0.2) is 9.97 Å². The van der Waals surface area contributed by atoms with Crippen molar-refractivity contribution < 1.29 is 9.53 Å². The van der Waals surface area contributed by atoms with Crippen LogP contribution in [0, 0.1) is 0 Å². The van der Waals surface area contributed by atoms with Gasteiger partial charge in [0.15, 0.2) is 0 Å². The minimum atomic E-state index is -0.225. The number of hydrogen-bond acceptors (Lipinski definition) is 5. The first kappa shape index (κ1) is 20.1. The third-order valence-corrected chi connectivity index (χ3v) is 5.40. The molecule has 7 heteroatoms. The van der Waals surface area contributed by atoms with Crippen LogP contribution in [0.3, 0.4) is 0 Å². The van der Waals surface area contributed by atoms with Gasteiger partial charge in [0.25, 0.3) is 11.5 Å². The third kappa shape index (κ3) is 4.20. The second kappa shape index (κ2) is 9.07. The molecule has 0 saturated heterocycles. The Morgan fingerprint density at radius 3 is 2.93 bits per heavy atom. The number of carbonyl (C=O) groups excluding carboxylic acids is 1. The molecule has 0 radical (unpaired) electrons. The molecular weight excluding hydrogens is 380 g/mol. The smallest absolute Gasteiger partial charge is 0.261 e. The number of carbonyl (C=O) groups is 1. The van der Waals surface area contributed by atoms with Crippen molar-refractivity contribution in [2.24, 2.45) is 0 Å². The average molecular weight is 406 g/mol. The summed E-state index contributed by atoms with van der Waals surface area (Å²) in [6.07, 6.45) is 6.79. The van der Waals surface area contributed by atoms with Crippen LogP contribution < -0.4 is 15.6 Å². The number of benzene rings is 1. The van der Waals surface area contributed by atoms with Crippen LogP contribution in [0.2, 0.25) is 0 Å². The number of nitrogens with one attached hydrogen (secondary N) is 1. The van der Waals surface area contributed by atoms with E-state index in [-0.39, 0.29) is 11.5 Å². The Labute approximate surface area is 175 Å². The second-order valence-electron chi connectivity index (χ2n) is 7.46. The summed E-state index contributed by atoms with van der Waals surface area (Å²) in [7, 11) is 0. The predicted molar refractivity (Wildman–Crippen MR) is 115 cm³/mol. The lowest BCUT2D eigenvalue weighted by atomic mass is 10.1. The largest absolute Gasteiger partial charge is 0.478 e. The highest BCUT2D eigenvalue weighted by Crippen LogP contribution is 2.17. The summed E-state index contributed by atoms with van der Waals surface area (Å²) in [6, 6.07) is 8.79. The molecule has 0 fully saturated rings. The highest BCUT2D eigenvalue weighted by atomic mass is 16.5. The fourth-order valence-corrected chi connectivity index (χ4v) is 3.84. The van der Waals surface area contributed by atoms with Gasteiger partial charge in [0.2, 0.25) is 5.88 Å². The Hall–Kier alpha value is -3.22. The molecule has 1 N–H and O–H groups in total. The van der Waals surface area contributed by atoms with E-state index in [9.17, 15) is 9.59 Å². The van der Waals surface area contributed by atoms with E-state index in [2.05, 4.69) is 10.3 Å². The molecule has 2 aromatic heterocycles. The Kier molecular flexibility index (Phi) is 6.07. The summed E-state index contributed by atoms with van der Waals surface area (Å²) >= 11 is 0. The van der Waals surface area contributed by atoms with E-state index in [0.29, 0.717) is 42.0 Å². The summed E-state index contributed by atoms with van der Waals surface area (Å²) in [5.41, 5.74) is 1.86. The van der Waals surface area contributed by atoms with Crippen molar-refractivity contribution in [3.05, 3.63) is 63.8 Å². The molecule has 30 heavy (non-hydrogen) atoms. The quantitative estimate of drug-likeness (QED) is 0.703. The Balaban J connectivity index is 1.58. The van der Waals surface area contributed by atoms with Crippen molar-refractivity contribution in [2.45, 2.75) is 52.1 Å². The number of ether oxygens (including phenoxy) is 1. The predicted octanol–water partition coefficient (Wildman–Crippen LogP) is 3.24. The SMILES string of the molecule is CCOc1ncccc1CNC(=O)c1ccc2c(=O)n3c(nc2c1)CCCCCC3. The zero-order chi connectivity index (χ0) is 20.9. The molecule has 3 heterocycles. The van der Waals surface area contributed by atoms with Crippen molar-refractivity contribution in [3.8, 4) is 5.88 Å². The van der Waals surface area contributed by atoms with Crippen LogP contribution in [0.1, 0.15) is 54.4 Å².